The molecule has 0 aliphatic rings. The molecule has 1 aromatic rings. The smallest absolute Gasteiger partial charge is 0.340 e. The maximum absolute atomic E-state index is 11.8. The van der Waals surface area contributed by atoms with Crippen molar-refractivity contribution in [2.45, 2.75) is 13.3 Å². The Morgan fingerprint density at radius 3 is 2.53 bits per heavy atom. The van der Waals surface area contributed by atoms with E-state index in [1.54, 1.807) is 18.2 Å². The van der Waals surface area contributed by atoms with Crippen LogP contribution in [-0.2, 0) is 14.8 Å². The predicted octanol–water partition coefficient (Wildman–Crippen LogP) is 2.41. The van der Waals surface area contributed by atoms with E-state index in [2.05, 4.69) is 15.9 Å². The van der Waals surface area contributed by atoms with Crippen LogP contribution >= 0.6 is 15.9 Å². The molecule has 0 unspecified atom stereocenters. The Morgan fingerprint density at radius 1 is 1.42 bits per heavy atom. The molecule has 0 N–H and O–H groups in total. The van der Waals surface area contributed by atoms with Gasteiger partial charge in [0.15, 0.2) is 0 Å². The molecule has 19 heavy (non-hydrogen) atoms. The molecule has 1 rings (SSSR count). The number of carbonyl (C=O) groups excluding carboxylic acids is 1. The molecule has 0 saturated heterocycles. The highest BCUT2D eigenvalue weighted by Gasteiger charge is 2.23. The maximum Gasteiger partial charge on any atom is 0.340 e. The summed E-state index contributed by atoms with van der Waals surface area (Å²) in [6.45, 7) is 2.18. The third-order valence-electron chi connectivity index (χ3n) is 2.46. The number of rotatable bonds is 5. The molecule has 0 heterocycles. The average molecular weight is 350 g/mol. The molecule has 0 bridgehead atoms. The quantitative estimate of drug-likeness (QED) is 0.765. The second-order valence-electron chi connectivity index (χ2n) is 3.99. The zero-order valence-corrected chi connectivity index (χ0v) is 13.4. The minimum Gasteiger partial charge on any atom is -0.465 e. The summed E-state index contributed by atoms with van der Waals surface area (Å²) in [5, 5.41) is 0. The van der Waals surface area contributed by atoms with Gasteiger partial charge in [-0.3, -0.25) is 4.31 Å². The van der Waals surface area contributed by atoms with Crippen molar-refractivity contribution in [3.8, 4) is 0 Å². The first-order valence-corrected chi connectivity index (χ1v) is 8.31. The molecule has 0 amide bonds. The Bertz CT molecular complexity index is 571. The minimum atomic E-state index is -3.45. The lowest BCUT2D eigenvalue weighted by Gasteiger charge is -2.23. The van der Waals surface area contributed by atoms with Crippen LogP contribution < -0.4 is 4.31 Å². The number of hydrogen-bond acceptors (Lipinski definition) is 4. The van der Waals surface area contributed by atoms with Gasteiger partial charge in [0.05, 0.1) is 24.6 Å². The van der Waals surface area contributed by atoms with Gasteiger partial charge in [-0.1, -0.05) is 22.9 Å². The summed E-state index contributed by atoms with van der Waals surface area (Å²) >= 11 is 3.26. The van der Waals surface area contributed by atoms with Crippen molar-refractivity contribution in [1.29, 1.82) is 0 Å². The van der Waals surface area contributed by atoms with Crippen molar-refractivity contribution in [2.24, 2.45) is 0 Å². The molecule has 106 valence electrons. The van der Waals surface area contributed by atoms with E-state index in [0.717, 1.165) is 6.26 Å². The number of methoxy groups -OCH3 is 1. The van der Waals surface area contributed by atoms with Gasteiger partial charge >= 0.3 is 5.97 Å². The highest BCUT2D eigenvalue weighted by atomic mass is 79.9. The highest BCUT2D eigenvalue weighted by Crippen LogP contribution is 2.27. The van der Waals surface area contributed by atoms with E-state index in [4.69, 9.17) is 4.74 Å². The molecule has 1 aromatic carbocycles. The lowest BCUT2D eigenvalue weighted by Crippen LogP contribution is -2.32. The number of carbonyl (C=O) groups is 1. The summed E-state index contributed by atoms with van der Waals surface area (Å²) in [6, 6.07) is 4.83. The first kappa shape index (κ1) is 16.0. The summed E-state index contributed by atoms with van der Waals surface area (Å²) in [4.78, 5) is 11.8. The average Bonchev–Trinajstić information content (AvgIpc) is 2.34. The van der Waals surface area contributed by atoms with E-state index in [9.17, 15) is 13.2 Å². The monoisotopic (exact) mass is 349 g/mol. The van der Waals surface area contributed by atoms with Crippen LogP contribution in [0.25, 0.3) is 0 Å². The Hall–Kier alpha value is -1.08. The van der Waals surface area contributed by atoms with E-state index in [1.807, 2.05) is 6.92 Å². The largest absolute Gasteiger partial charge is 0.465 e. The molecule has 0 fully saturated rings. The number of esters is 1. The molecule has 0 aliphatic carbocycles. The first-order chi connectivity index (χ1) is 8.81. The number of nitrogens with zero attached hydrogens (tertiary/aromatic N) is 1. The molecule has 5 nitrogen and oxygen atoms in total. The van der Waals surface area contributed by atoms with Crippen molar-refractivity contribution in [1.82, 2.24) is 0 Å². The number of hydrogen-bond donors (Lipinski definition) is 0. The summed E-state index contributed by atoms with van der Waals surface area (Å²) in [6.07, 6.45) is 1.76. The van der Waals surface area contributed by atoms with E-state index in [0.29, 0.717) is 23.1 Å². The van der Waals surface area contributed by atoms with Crippen LogP contribution in [0.4, 0.5) is 5.69 Å². The van der Waals surface area contributed by atoms with Gasteiger partial charge < -0.3 is 4.74 Å². The fourth-order valence-corrected chi connectivity index (χ4v) is 3.06. The molecule has 0 radical (unpaired) electrons. The van der Waals surface area contributed by atoms with Gasteiger partial charge in [-0.2, -0.15) is 0 Å². The van der Waals surface area contributed by atoms with Gasteiger partial charge in [0.1, 0.15) is 0 Å². The highest BCUT2D eigenvalue weighted by molar-refractivity contribution is 9.10. The predicted molar refractivity (Wildman–Crippen MR) is 78.0 cm³/mol. The summed E-state index contributed by atoms with van der Waals surface area (Å²) in [5.74, 6) is -0.568. The number of halogens is 1. The lowest BCUT2D eigenvalue weighted by atomic mass is 10.2. The first-order valence-electron chi connectivity index (χ1n) is 5.66. The van der Waals surface area contributed by atoms with Crippen molar-refractivity contribution < 1.29 is 17.9 Å². The molecule has 0 spiro atoms. The van der Waals surface area contributed by atoms with Crippen LogP contribution in [0.1, 0.15) is 23.7 Å². The van der Waals surface area contributed by atoms with Gasteiger partial charge in [-0.05, 0) is 24.6 Å². The SMILES string of the molecule is CCCN(c1ccc(Br)cc1C(=O)OC)S(C)(=O)=O. The molecular formula is C12H16BrNO4S. The summed E-state index contributed by atoms with van der Waals surface area (Å²) in [7, 11) is -2.19. The fourth-order valence-electron chi connectivity index (χ4n) is 1.67. The van der Waals surface area contributed by atoms with Crippen LogP contribution in [0.15, 0.2) is 22.7 Å². The van der Waals surface area contributed by atoms with Crippen LogP contribution in [-0.4, -0.2) is 34.3 Å². The van der Waals surface area contributed by atoms with Crippen molar-refractivity contribution in [3.05, 3.63) is 28.2 Å². The molecule has 0 aromatic heterocycles. The van der Waals surface area contributed by atoms with E-state index >= 15 is 0 Å². The standard InChI is InChI=1S/C12H16BrNO4S/c1-4-7-14(19(3,16)17)11-6-5-9(13)8-10(11)12(15)18-2/h5-6,8H,4,7H2,1-3H3. The fraction of sp³-hybridized carbons (Fsp3) is 0.417. The van der Waals surface area contributed by atoms with E-state index < -0.39 is 16.0 Å². The van der Waals surface area contributed by atoms with Gasteiger partial charge in [-0.15, -0.1) is 0 Å². The van der Waals surface area contributed by atoms with Crippen LogP contribution in [0, 0.1) is 0 Å². The zero-order chi connectivity index (χ0) is 14.6. The number of sulfonamides is 1. The van der Waals surface area contributed by atoms with Crippen molar-refractivity contribution >= 4 is 37.6 Å². The number of benzene rings is 1. The van der Waals surface area contributed by atoms with Crippen LogP contribution in [0.2, 0.25) is 0 Å². The Morgan fingerprint density at radius 2 is 2.05 bits per heavy atom. The van der Waals surface area contributed by atoms with Gasteiger partial charge in [0.2, 0.25) is 10.0 Å². The molecular weight excluding hydrogens is 334 g/mol. The Kier molecular flexibility index (Phi) is 5.37. The molecule has 0 aliphatic heterocycles. The second kappa shape index (κ2) is 6.38. The maximum atomic E-state index is 11.8. The summed E-state index contributed by atoms with van der Waals surface area (Å²) in [5.41, 5.74) is 0.551. The van der Waals surface area contributed by atoms with E-state index in [1.165, 1.54) is 11.4 Å². The third-order valence-corrected chi connectivity index (χ3v) is 4.13. The molecule has 7 heteroatoms. The normalized spacial score (nSPS) is 11.2. The molecule has 0 saturated carbocycles. The third kappa shape index (κ3) is 3.94. The lowest BCUT2D eigenvalue weighted by molar-refractivity contribution is 0.0601. The minimum absolute atomic E-state index is 0.218. The number of anilines is 1. The van der Waals surface area contributed by atoms with E-state index in [-0.39, 0.29) is 5.56 Å². The Labute approximate surface area is 121 Å². The Balaban J connectivity index is 3.42. The van der Waals surface area contributed by atoms with Gasteiger partial charge in [0, 0.05) is 11.0 Å². The topological polar surface area (TPSA) is 63.7 Å². The van der Waals surface area contributed by atoms with Gasteiger partial charge in [0.25, 0.3) is 0 Å². The van der Waals surface area contributed by atoms with Crippen LogP contribution in [0.3, 0.4) is 0 Å². The molecule has 0 atom stereocenters. The number of ether oxygens (including phenoxy) is 1. The van der Waals surface area contributed by atoms with Crippen molar-refractivity contribution in [2.75, 3.05) is 24.2 Å². The van der Waals surface area contributed by atoms with Gasteiger partial charge in [-0.25, -0.2) is 13.2 Å². The van der Waals surface area contributed by atoms with Crippen molar-refractivity contribution in [3.63, 3.8) is 0 Å². The zero-order valence-electron chi connectivity index (χ0n) is 11.0. The second-order valence-corrected chi connectivity index (χ2v) is 6.81. The summed E-state index contributed by atoms with van der Waals surface area (Å²) < 4.78 is 30.3. The van der Waals surface area contributed by atoms with Crippen LogP contribution in [0.5, 0.6) is 0 Å².